The molecule has 6 nitrogen and oxygen atoms in total. The second-order valence-corrected chi connectivity index (χ2v) is 7.44. The summed E-state index contributed by atoms with van der Waals surface area (Å²) in [4.78, 5) is 22.4. The summed E-state index contributed by atoms with van der Waals surface area (Å²) in [6.45, 7) is 2.26. The lowest BCUT2D eigenvalue weighted by atomic mass is 10.2. The van der Waals surface area contributed by atoms with Gasteiger partial charge in [-0.1, -0.05) is 30.3 Å². The van der Waals surface area contributed by atoms with E-state index >= 15 is 0 Å². The van der Waals surface area contributed by atoms with Crippen LogP contribution in [0, 0.1) is 6.92 Å². The molecule has 29 heavy (non-hydrogen) atoms. The van der Waals surface area contributed by atoms with E-state index in [1.54, 1.807) is 16.0 Å². The van der Waals surface area contributed by atoms with Crippen LogP contribution in [0.3, 0.4) is 0 Å². The minimum Gasteiger partial charge on any atom is -0.460 e. The summed E-state index contributed by atoms with van der Waals surface area (Å²) in [5.41, 5.74) is 2.82. The van der Waals surface area contributed by atoms with E-state index in [0.717, 1.165) is 28.4 Å². The molecular weight excluding hydrogens is 384 g/mol. The van der Waals surface area contributed by atoms with Crippen LogP contribution >= 0.6 is 11.3 Å². The summed E-state index contributed by atoms with van der Waals surface area (Å²) < 4.78 is 7.08. The third kappa shape index (κ3) is 4.57. The predicted octanol–water partition coefficient (Wildman–Crippen LogP) is 4.49. The SMILES string of the molecule is Cc1cccc(CCCOC(=O)c2nc(-c3cccs3)n(-c3ccccc3)n2)n1. The lowest BCUT2D eigenvalue weighted by Crippen LogP contribution is -2.10. The summed E-state index contributed by atoms with van der Waals surface area (Å²) in [6.07, 6.45) is 1.45. The molecule has 0 atom stereocenters. The van der Waals surface area contributed by atoms with Gasteiger partial charge in [0, 0.05) is 11.4 Å². The number of hydrogen-bond donors (Lipinski definition) is 0. The van der Waals surface area contributed by atoms with E-state index in [2.05, 4.69) is 15.1 Å². The van der Waals surface area contributed by atoms with Crippen LogP contribution in [0.2, 0.25) is 0 Å². The number of thiophene rings is 1. The predicted molar refractivity (Wildman–Crippen MR) is 112 cm³/mol. The van der Waals surface area contributed by atoms with Gasteiger partial charge in [0.1, 0.15) is 0 Å². The Labute approximate surface area is 172 Å². The molecule has 0 radical (unpaired) electrons. The summed E-state index contributed by atoms with van der Waals surface area (Å²) in [5.74, 6) is 0.169. The number of aryl methyl sites for hydroxylation is 2. The topological polar surface area (TPSA) is 69.9 Å². The van der Waals surface area contributed by atoms with Gasteiger partial charge >= 0.3 is 5.97 Å². The summed E-state index contributed by atoms with van der Waals surface area (Å²) >= 11 is 1.55. The van der Waals surface area contributed by atoms with Crippen molar-refractivity contribution in [3.05, 3.63) is 83.3 Å². The molecule has 3 heterocycles. The van der Waals surface area contributed by atoms with Crippen LogP contribution in [0.1, 0.15) is 28.4 Å². The fourth-order valence-corrected chi connectivity index (χ4v) is 3.63. The highest BCUT2D eigenvalue weighted by Gasteiger charge is 2.20. The van der Waals surface area contributed by atoms with E-state index in [1.165, 1.54) is 0 Å². The van der Waals surface area contributed by atoms with Gasteiger partial charge in [-0.05, 0) is 55.5 Å². The second-order valence-electron chi connectivity index (χ2n) is 6.49. The molecule has 0 aliphatic carbocycles. The van der Waals surface area contributed by atoms with Crippen LogP contribution in [-0.2, 0) is 11.2 Å². The number of carbonyl (C=O) groups excluding carboxylic acids is 1. The molecular formula is C22H20N4O2S. The Morgan fingerprint density at radius 2 is 1.90 bits per heavy atom. The molecule has 0 bridgehead atoms. The number of ether oxygens (including phenoxy) is 1. The molecule has 0 saturated heterocycles. The van der Waals surface area contributed by atoms with Crippen molar-refractivity contribution in [2.24, 2.45) is 0 Å². The monoisotopic (exact) mass is 404 g/mol. The minimum absolute atomic E-state index is 0.0610. The van der Waals surface area contributed by atoms with Crippen molar-refractivity contribution in [3.8, 4) is 16.4 Å². The number of pyridine rings is 1. The van der Waals surface area contributed by atoms with Crippen molar-refractivity contribution < 1.29 is 9.53 Å². The molecule has 146 valence electrons. The van der Waals surface area contributed by atoms with Gasteiger partial charge in [0.25, 0.3) is 5.82 Å². The molecule has 0 fully saturated rings. The van der Waals surface area contributed by atoms with Crippen molar-refractivity contribution in [1.82, 2.24) is 19.7 Å². The van der Waals surface area contributed by atoms with Crippen molar-refractivity contribution in [3.63, 3.8) is 0 Å². The van der Waals surface area contributed by atoms with E-state index < -0.39 is 5.97 Å². The molecule has 0 aliphatic heterocycles. The number of nitrogens with zero attached hydrogens (tertiary/aromatic N) is 4. The summed E-state index contributed by atoms with van der Waals surface area (Å²) in [6, 6.07) is 19.5. The zero-order chi connectivity index (χ0) is 20.1. The molecule has 4 rings (SSSR count). The average molecular weight is 404 g/mol. The van der Waals surface area contributed by atoms with Crippen LogP contribution in [0.4, 0.5) is 0 Å². The molecule has 0 N–H and O–H groups in total. The largest absolute Gasteiger partial charge is 0.460 e. The quantitative estimate of drug-likeness (QED) is 0.335. The smallest absolute Gasteiger partial charge is 0.378 e. The van der Waals surface area contributed by atoms with E-state index in [1.807, 2.05) is 73.0 Å². The Hall–Kier alpha value is -3.32. The van der Waals surface area contributed by atoms with Gasteiger partial charge in [0.05, 0.1) is 17.2 Å². The number of hydrogen-bond acceptors (Lipinski definition) is 6. The van der Waals surface area contributed by atoms with E-state index in [-0.39, 0.29) is 5.82 Å². The van der Waals surface area contributed by atoms with Crippen molar-refractivity contribution in [2.45, 2.75) is 19.8 Å². The zero-order valence-electron chi connectivity index (χ0n) is 16.0. The normalized spacial score (nSPS) is 10.8. The fraction of sp³-hybridized carbons (Fsp3) is 0.182. The molecule has 0 spiro atoms. The van der Waals surface area contributed by atoms with Crippen LogP contribution in [0.15, 0.2) is 66.0 Å². The first-order valence-corrected chi connectivity index (χ1v) is 10.2. The fourth-order valence-electron chi connectivity index (χ4n) is 2.93. The maximum atomic E-state index is 12.5. The number of esters is 1. The van der Waals surface area contributed by atoms with Gasteiger partial charge in [-0.2, -0.15) is 4.98 Å². The Morgan fingerprint density at radius 3 is 2.66 bits per heavy atom. The molecule has 0 saturated carbocycles. The third-order valence-electron chi connectivity index (χ3n) is 4.29. The maximum absolute atomic E-state index is 12.5. The van der Waals surface area contributed by atoms with Crippen molar-refractivity contribution in [1.29, 1.82) is 0 Å². The Balaban J connectivity index is 1.46. The van der Waals surface area contributed by atoms with Crippen LogP contribution in [0.5, 0.6) is 0 Å². The first kappa shape index (κ1) is 19.0. The first-order chi connectivity index (χ1) is 14.2. The lowest BCUT2D eigenvalue weighted by Gasteiger charge is -2.04. The van der Waals surface area contributed by atoms with Crippen molar-refractivity contribution >= 4 is 17.3 Å². The third-order valence-corrected chi connectivity index (χ3v) is 5.15. The van der Waals surface area contributed by atoms with E-state index in [4.69, 9.17) is 4.74 Å². The minimum atomic E-state index is -0.519. The summed E-state index contributed by atoms with van der Waals surface area (Å²) in [7, 11) is 0. The van der Waals surface area contributed by atoms with E-state index in [0.29, 0.717) is 18.9 Å². The van der Waals surface area contributed by atoms with Gasteiger partial charge in [-0.15, -0.1) is 16.4 Å². The Bertz CT molecular complexity index is 1090. The molecule has 0 unspecified atom stereocenters. The second kappa shape index (κ2) is 8.79. The zero-order valence-corrected chi connectivity index (χ0v) is 16.8. The highest BCUT2D eigenvalue weighted by molar-refractivity contribution is 7.13. The number of aromatic nitrogens is 4. The Kier molecular flexibility index (Phi) is 5.76. The van der Waals surface area contributed by atoms with Gasteiger partial charge < -0.3 is 4.74 Å². The first-order valence-electron chi connectivity index (χ1n) is 9.37. The highest BCUT2D eigenvalue weighted by Crippen LogP contribution is 2.25. The van der Waals surface area contributed by atoms with Crippen molar-refractivity contribution in [2.75, 3.05) is 6.61 Å². The maximum Gasteiger partial charge on any atom is 0.378 e. The standard InChI is InChI=1S/C22H20N4O2S/c1-16-8-5-9-17(23-16)10-6-14-28-22(27)20-24-21(19-13-7-15-29-19)26(25-20)18-11-3-2-4-12-18/h2-5,7-9,11-13,15H,6,10,14H2,1H3. The number of benzene rings is 1. The van der Waals surface area contributed by atoms with E-state index in [9.17, 15) is 4.79 Å². The molecule has 1 aromatic carbocycles. The number of rotatable bonds is 7. The summed E-state index contributed by atoms with van der Waals surface area (Å²) in [5, 5.41) is 6.38. The number of carbonyl (C=O) groups is 1. The van der Waals surface area contributed by atoms with Gasteiger partial charge in [-0.25, -0.2) is 9.48 Å². The van der Waals surface area contributed by atoms with Gasteiger partial charge in [0.15, 0.2) is 5.82 Å². The molecule has 3 aromatic heterocycles. The van der Waals surface area contributed by atoms with Gasteiger partial charge in [-0.3, -0.25) is 4.98 Å². The molecule has 7 heteroatoms. The molecule has 0 aliphatic rings. The molecule has 0 amide bonds. The molecule has 4 aromatic rings. The lowest BCUT2D eigenvalue weighted by molar-refractivity contribution is 0.0486. The van der Waals surface area contributed by atoms with Crippen LogP contribution in [-0.4, -0.2) is 32.3 Å². The highest BCUT2D eigenvalue weighted by atomic mass is 32.1. The Morgan fingerprint density at radius 1 is 1.03 bits per heavy atom. The average Bonchev–Trinajstić information content (AvgIpc) is 3.41. The van der Waals surface area contributed by atoms with Crippen LogP contribution < -0.4 is 0 Å². The van der Waals surface area contributed by atoms with Gasteiger partial charge in [0.2, 0.25) is 0 Å². The van der Waals surface area contributed by atoms with Crippen LogP contribution in [0.25, 0.3) is 16.4 Å². The number of para-hydroxylation sites is 1.